The van der Waals surface area contributed by atoms with Crippen molar-refractivity contribution in [3.63, 3.8) is 0 Å². The Balaban J connectivity index is 1.68. The molecule has 7 nitrogen and oxygen atoms in total. The highest BCUT2D eigenvalue weighted by molar-refractivity contribution is 5.81. The number of fused-ring (bicyclic) bond motifs is 1. The number of halogens is 1. The maximum Gasteiger partial charge on any atom is 0.155 e. The molecule has 1 saturated heterocycles. The van der Waals surface area contributed by atoms with Crippen molar-refractivity contribution in [2.75, 3.05) is 18.0 Å². The zero-order valence-corrected chi connectivity index (χ0v) is 16.8. The van der Waals surface area contributed by atoms with Crippen molar-refractivity contribution in [1.82, 2.24) is 30.1 Å². The number of imidazole rings is 1. The van der Waals surface area contributed by atoms with Crippen LogP contribution in [0.4, 0.5) is 10.2 Å². The molecule has 2 atom stereocenters. The average Bonchev–Trinajstić information content (AvgIpc) is 3.13. The lowest BCUT2D eigenvalue weighted by Crippen LogP contribution is -2.54. The molecule has 5 rings (SSSR count). The molecule has 4 heterocycles. The van der Waals surface area contributed by atoms with Crippen LogP contribution in [0.3, 0.4) is 0 Å². The second kappa shape index (κ2) is 7.46. The van der Waals surface area contributed by atoms with Crippen LogP contribution >= 0.6 is 0 Å². The summed E-state index contributed by atoms with van der Waals surface area (Å²) in [7, 11) is 0. The van der Waals surface area contributed by atoms with Gasteiger partial charge in [0.15, 0.2) is 5.65 Å². The fraction of sp³-hybridized carbons (Fsp3) is 0.273. The molecule has 1 N–H and O–H groups in total. The SMILES string of the molecule is C[C@@H]1CN(c2ccc3nc(-c4ccc(F)cc4)c(-c4ccnnc4)n3n2)C[C@H](C)N1. The van der Waals surface area contributed by atoms with E-state index in [9.17, 15) is 4.39 Å². The van der Waals surface area contributed by atoms with E-state index in [4.69, 9.17) is 10.1 Å². The Kier molecular flexibility index (Phi) is 4.63. The molecule has 0 unspecified atom stereocenters. The zero-order valence-electron chi connectivity index (χ0n) is 16.8. The number of rotatable bonds is 3. The smallest absolute Gasteiger partial charge is 0.155 e. The molecule has 0 aliphatic carbocycles. The maximum atomic E-state index is 13.5. The lowest BCUT2D eigenvalue weighted by Gasteiger charge is -2.36. The third-order valence-corrected chi connectivity index (χ3v) is 5.32. The minimum absolute atomic E-state index is 0.281. The van der Waals surface area contributed by atoms with E-state index in [1.165, 1.54) is 12.1 Å². The quantitative estimate of drug-likeness (QED) is 0.567. The Morgan fingerprint density at radius 1 is 0.933 bits per heavy atom. The largest absolute Gasteiger partial charge is 0.352 e. The van der Waals surface area contributed by atoms with E-state index < -0.39 is 0 Å². The van der Waals surface area contributed by atoms with Gasteiger partial charge in [0.05, 0.1) is 18.1 Å². The molecule has 1 aromatic carbocycles. The first-order valence-corrected chi connectivity index (χ1v) is 10.0. The van der Waals surface area contributed by atoms with Gasteiger partial charge < -0.3 is 10.2 Å². The monoisotopic (exact) mass is 403 g/mol. The van der Waals surface area contributed by atoms with Gasteiger partial charge in [0, 0.05) is 36.3 Å². The predicted octanol–water partition coefficient (Wildman–Crippen LogP) is 3.18. The first kappa shape index (κ1) is 18.6. The molecular weight excluding hydrogens is 381 g/mol. The third-order valence-electron chi connectivity index (χ3n) is 5.32. The summed E-state index contributed by atoms with van der Waals surface area (Å²) in [5.41, 5.74) is 3.93. The highest BCUT2D eigenvalue weighted by Gasteiger charge is 2.24. The summed E-state index contributed by atoms with van der Waals surface area (Å²) < 4.78 is 15.3. The van der Waals surface area contributed by atoms with Gasteiger partial charge in [0.2, 0.25) is 0 Å². The van der Waals surface area contributed by atoms with Gasteiger partial charge in [-0.1, -0.05) is 0 Å². The summed E-state index contributed by atoms with van der Waals surface area (Å²) in [6, 6.07) is 13.0. The molecule has 1 fully saturated rings. The Labute approximate surface area is 173 Å². The number of hydrogen-bond acceptors (Lipinski definition) is 6. The summed E-state index contributed by atoms with van der Waals surface area (Å²) >= 11 is 0. The van der Waals surface area contributed by atoms with E-state index in [0.29, 0.717) is 12.1 Å². The van der Waals surface area contributed by atoms with Crippen molar-refractivity contribution in [3.8, 4) is 22.5 Å². The number of piperazine rings is 1. The van der Waals surface area contributed by atoms with Crippen LogP contribution in [0.15, 0.2) is 54.9 Å². The van der Waals surface area contributed by atoms with Gasteiger partial charge in [-0.05, 0) is 56.3 Å². The number of nitrogens with one attached hydrogen (secondary N) is 1. The van der Waals surface area contributed by atoms with Gasteiger partial charge >= 0.3 is 0 Å². The van der Waals surface area contributed by atoms with E-state index >= 15 is 0 Å². The second-order valence-corrected chi connectivity index (χ2v) is 7.78. The van der Waals surface area contributed by atoms with E-state index in [1.54, 1.807) is 24.5 Å². The minimum atomic E-state index is -0.281. The van der Waals surface area contributed by atoms with Crippen molar-refractivity contribution in [2.45, 2.75) is 25.9 Å². The van der Waals surface area contributed by atoms with E-state index in [0.717, 1.165) is 47.1 Å². The Morgan fingerprint density at radius 3 is 2.40 bits per heavy atom. The fourth-order valence-corrected chi connectivity index (χ4v) is 4.10. The van der Waals surface area contributed by atoms with Crippen molar-refractivity contribution < 1.29 is 4.39 Å². The van der Waals surface area contributed by atoms with Crippen molar-refractivity contribution >= 4 is 11.5 Å². The summed E-state index contributed by atoms with van der Waals surface area (Å²) in [4.78, 5) is 7.09. The number of anilines is 1. The molecule has 0 radical (unpaired) electrons. The average molecular weight is 403 g/mol. The van der Waals surface area contributed by atoms with Crippen molar-refractivity contribution in [1.29, 1.82) is 0 Å². The highest BCUT2D eigenvalue weighted by atomic mass is 19.1. The van der Waals surface area contributed by atoms with Gasteiger partial charge in [-0.25, -0.2) is 13.9 Å². The van der Waals surface area contributed by atoms with Crippen LogP contribution in [0.25, 0.3) is 28.2 Å². The second-order valence-electron chi connectivity index (χ2n) is 7.78. The van der Waals surface area contributed by atoms with Crippen molar-refractivity contribution in [3.05, 3.63) is 60.7 Å². The molecular formula is C22H22FN7. The summed E-state index contributed by atoms with van der Waals surface area (Å²) in [6.07, 6.45) is 3.34. The van der Waals surface area contributed by atoms with Crippen LogP contribution in [0.2, 0.25) is 0 Å². The van der Waals surface area contributed by atoms with Crippen LogP contribution in [0.1, 0.15) is 13.8 Å². The molecule has 0 bridgehead atoms. The van der Waals surface area contributed by atoms with Crippen LogP contribution < -0.4 is 10.2 Å². The van der Waals surface area contributed by atoms with Gasteiger partial charge in [0.1, 0.15) is 17.3 Å². The number of aromatic nitrogens is 5. The first-order valence-electron chi connectivity index (χ1n) is 10.0. The van der Waals surface area contributed by atoms with E-state index in [2.05, 4.69) is 34.3 Å². The first-order chi connectivity index (χ1) is 14.6. The molecule has 1 aliphatic heterocycles. The predicted molar refractivity (Wildman–Crippen MR) is 114 cm³/mol. The third kappa shape index (κ3) is 3.39. The number of benzene rings is 1. The van der Waals surface area contributed by atoms with Gasteiger partial charge in [0.25, 0.3) is 0 Å². The van der Waals surface area contributed by atoms with Crippen LogP contribution in [0.5, 0.6) is 0 Å². The molecule has 1 aliphatic rings. The van der Waals surface area contributed by atoms with E-state index in [1.807, 2.05) is 22.7 Å². The molecule has 30 heavy (non-hydrogen) atoms. The van der Waals surface area contributed by atoms with Gasteiger partial charge in [-0.3, -0.25) is 0 Å². The number of nitrogens with zero attached hydrogens (tertiary/aromatic N) is 6. The molecule has 3 aromatic heterocycles. The maximum absolute atomic E-state index is 13.5. The Hall–Kier alpha value is -3.39. The minimum Gasteiger partial charge on any atom is -0.352 e. The fourth-order valence-electron chi connectivity index (χ4n) is 4.10. The number of hydrogen-bond donors (Lipinski definition) is 1. The zero-order chi connectivity index (χ0) is 20.7. The van der Waals surface area contributed by atoms with Crippen molar-refractivity contribution in [2.24, 2.45) is 0 Å². The Morgan fingerprint density at radius 2 is 1.70 bits per heavy atom. The molecule has 0 amide bonds. The standard InChI is InChI=1S/C22H22FN7/c1-14-12-29(13-15(2)26-14)20-8-7-19-27-21(16-3-5-18(23)6-4-16)22(30(19)28-20)17-9-10-24-25-11-17/h3-11,14-15,26H,12-13H2,1-2H3/t14-,15+. The van der Waals surface area contributed by atoms with Gasteiger partial charge in [-0.15, -0.1) is 5.10 Å². The molecule has 152 valence electrons. The summed E-state index contributed by atoms with van der Waals surface area (Å²) in [5, 5.41) is 16.4. The van der Waals surface area contributed by atoms with E-state index in [-0.39, 0.29) is 5.82 Å². The van der Waals surface area contributed by atoms with Crippen LogP contribution in [-0.2, 0) is 0 Å². The summed E-state index contributed by atoms with van der Waals surface area (Å²) in [5.74, 6) is 0.617. The molecule has 4 aromatic rings. The molecule has 0 spiro atoms. The lowest BCUT2D eigenvalue weighted by atomic mass is 10.1. The van der Waals surface area contributed by atoms with Crippen LogP contribution in [-0.4, -0.2) is 50.0 Å². The molecule has 8 heteroatoms. The summed E-state index contributed by atoms with van der Waals surface area (Å²) in [6.45, 7) is 6.13. The Bertz CT molecular complexity index is 1160. The molecule has 0 saturated carbocycles. The van der Waals surface area contributed by atoms with Gasteiger partial charge in [-0.2, -0.15) is 10.2 Å². The van der Waals surface area contributed by atoms with Crippen LogP contribution in [0, 0.1) is 5.82 Å². The highest BCUT2D eigenvalue weighted by Crippen LogP contribution is 2.32. The topological polar surface area (TPSA) is 71.2 Å². The lowest BCUT2D eigenvalue weighted by molar-refractivity contribution is 0.404. The normalized spacial score (nSPS) is 19.4.